The largest absolute Gasteiger partial charge is 0.241 e. The summed E-state index contributed by atoms with van der Waals surface area (Å²) in [6.07, 6.45) is 6.10. The predicted molar refractivity (Wildman–Crippen MR) is 57.5 cm³/mol. The highest BCUT2D eigenvalue weighted by Gasteiger charge is 2.38. The summed E-state index contributed by atoms with van der Waals surface area (Å²) in [5.41, 5.74) is 2.80. The summed E-state index contributed by atoms with van der Waals surface area (Å²) in [5.74, 6) is 2.50. The minimum absolute atomic E-state index is 0.770. The Morgan fingerprint density at radius 1 is 1.21 bits per heavy atom. The number of hydrogen-bond donors (Lipinski definition) is 0. The second-order valence-electron chi connectivity index (χ2n) is 3.96. The minimum Gasteiger partial charge on any atom is -0.241 e. The highest BCUT2D eigenvalue weighted by molar-refractivity contribution is 5.34. The lowest BCUT2D eigenvalue weighted by molar-refractivity contribution is 0.686. The normalized spacial score (nSPS) is 26.8. The van der Waals surface area contributed by atoms with E-state index in [4.69, 9.17) is 0 Å². The number of aryl methyl sites for hydroxylation is 1. The van der Waals surface area contributed by atoms with Gasteiger partial charge in [-0.1, -0.05) is 13.8 Å². The fourth-order valence-electron chi connectivity index (χ4n) is 2.65. The topological polar surface area (TPSA) is 25.8 Å². The molecule has 0 aromatic carbocycles. The molecule has 0 amide bonds. The maximum Gasteiger partial charge on any atom is 0.125 e. The van der Waals surface area contributed by atoms with Crippen LogP contribution in [0.4, 0.5) is 0 Å². The van der Waals surface area contributed by atoms with Crippen LogP contribution in [0.3, 0.4) is 0 Å². The van der Waals surface area contributed by atoms with E-state index in [1.165, 1.54) is 30.5 Å². The Morgan fingerprint density at radius 2 is 1.93 bits per heavy atom. The van der Waals surface area contributed by atoms with E-state index in [0.29, 0.717) is 0 Å². The quantitative estimate of drug-likeness (QED) is 0.628. The molecule has 2 nitrogen and oxygen atoms in total. The van der Waals surface area contributed by atoms with Gasteiger partial charge in [0.2, 0.25) is 0 Å². The highest BCUT2D eigenvalue weighted by atomic mass is 14.9. The van der Waals surface area contributed by atoms with Crippen molar-refractivity contribution >= 4 is 0 Å². The SMILES string of the molecule is CC.Cc1ncc2c(n1)C1CCC2C1. The smallest absolute Gasteiger partial charge is 0.125 e. The summed E-state index contributed by atoms with van der Waals surface area (Å²) < 4.78 is 0. The molecule has 1 fully saturated rings. The zero-order chi connectivity index (χ0) is 10.1. The van der Waals surface area contributed by atoms with Gasteiger partial charge in [0.25, 0.3) is 0 Å². The second kappa shape index (κ2) is 3.68. The lowest BCUT2D eigenvalue weighted by Crippen LogP contribution is -2.03. The number of fused-ring (bicyclic) bond motifs is 5. The van der Waals surface area contributed by atoms with E-state index in [1.807, 2.05) is 27.0 Å². The number of nitrogens with zero attached hydrogens (tertiary/aromatic N) is 2. The first-order valence-electron chi connectivity index (χ1n) is 5.68. The molecule has 2 aliphatic rings. The van der Waals surface area contributed by atoms with Crippen molar-refractivity contribution in [3.63, 3.8) is 0 Å². The third-order valence-corrected chi connectivity index (χ3v) is 3.23. The zero-order valence-electron chi connectivity index (χ0n) is 9.25. The van der Waals surface area contributed by atoms with Crippen molar-refractivity contribution in [2.75, 3.05) is 0 Å². The number of aromatic nitrogens is 2. The lowest BCUT2D eigenvalue weighted by Gasteiger charge is -2.12. The van der Waals surface area contributed by atoms with Crippen molar-refractivity contribution in [2.45, 2.75) is 51.9 Å². The van der Waals surface area contributed by atoms with Gasteiger partial charge in [0.05, 0.1) is 5.69 Å². The van der Waals surface area contributed by atoms with Crippen molar-refractivity contribution in [3.05, 3.63) is 23.3 Å². The molecule has 2 bridgehead atoms. The molecule has 2 aliphatic carbocycles. The summed E-state index contributed by atoms with van der Waals surface area (Å²) >= 11 is 0. The summed E-state index contributed by atoms with van der Waals surface area (Å²) in [5, 5.41) is 0. The van der Waals surface area contributed by atoms with Gasteiger partial charge in [-0.25, -0.2) is 9.97 Å². The van der Waals surface area contributed by atoms with E-state index in [1.54, 1.807) is 0 Å². The summed E-state index contributed by atoms with van der Waals surface area (Å²) in [4.78, 5) is 8.78. The van der Waals surface area contributed by atoms with Crippen LogP contribution in [0.2, 0.25) is 0 Å². The zero-order valence-corrected chi connectivity index (χ0v) is 9.25. The Kier molecular flexibility index (Phi) is 2.53. The van der Waals surface area contributed by atoms with Gasteiger partial charge in [0, 0.05) is 12.1 Å². The summed E-state index contributed by atoms with van der Waals surface area (Å²) in [7, 11) is 0. The van der Waals surface area contributed by atoms with E-state index >= 15 is 0 Å². The standard InChI is InChI=1S/C10H12N2.C2H6/c1-6-11-5-9-7-2-3-8(4-7)10(9)12-6;1-2/h5,7-8H,2-4H2,1H3;1-2H3. The van der Waals surface area contributed by atoms with Gasteiger partial charge >= 0.3 is 0 Å². The van der Waals surface area contributed by atoms with Gasteiger partial charge in [0.15, 0.2) is 0 Å². The first kappa shape index (κ1) is 9.63. The molecule has 0 spiro atoms. The van der Waals surface area contributed by atoms with Crippen LogP contribution in [0.15, 0.2) is 6.20 Å². The number of hydrogen-bond acceptors (Lipinski definition) is 2. The Morgan fingerprint density at radius 3 is 2.71 bits per heavy atom. The van der Waals surface area contributed by atoms with Gasteiger partial charge < -0.3 is 0 Å². The first-order valence-corrected chi connectivity index (χ1v) is 5.68. The van der Waals surface area contributed by atoms with Crippen LogP contribution >= 0.6 is 0 Å². The van der Waals surface area contributed by atoms with Crippen molar-refractivity contribution < 1.29 is 0 Å². The molecule has 0 saturated heterocycles. The molecule has 0 radical (unpaired) electrons. The van der Waals surface area contributed by atoms with E-state index < -0.39 is 0 Å². The van der Waals surface area contributed by atoms with Gasteiger partial charge in [0.1, 0.15) is 5.82 Å². The Bertz CT molecular complexity index is 333. The molecule has 76 valence electrons. The van der Waals surface area contributed by atoms with Crippen LogP contribution in [0.1, 0.15) is 62.0 Å². The van der Waals surface area contributed by atoms with Crippen molar-refractivity contribution in [1.29, 1.82) is 0 Å². The van der Waals surface area contributed by atoms with Crippen molar-refractivity contribution in [2.24, 2.45) is 0 Å². The van der Waals surface area contributed by atoms with E-state index in [2.05, 4.69) is 9.97 Å². The fraction of sp³-hybridized carbons (Fsp3) is 0.667. The molecule has 3 rings (SSSR count). The predicted octanol–water partition coefficient (Wildman–Crippen LogP) is 3.18. The first-order chi connectivity index (χ1) is 6.84. The molecule has 1 aromatic rings. The number of rotatable bonds is 0. The molecule has 1 aromatic heterocycles. The Labute approximate surface area is 85.8 Å². The molecule has 1 heterocycles. The molecule has 2 heteroatoms. The van der Waals surface area contributed by atoms with Crippen LogP contribution < -0.4 is 0 Å². The maximum absolute atomic E-state index is 4.53. The second-order valence-corrected chi connectivity index (χ2v) is 3.96. The van der Waals surface area contributed by atoms with Crippen LogP contribution in [0.25, 0.3) is 0 Å². The van der Waals surface area contributed by atoms with E-state index in [9.17, 15) is 0 Å². The minimum atomic E-state index is 0.770. The average molecular weight is 190 g/mol. The Balaban J connectivity index is 0.000000354. The van der Waals surface area contributed by atoms with Gasteiger partial charge in [-0.3, -0.25) is 0 Å². The molecule has 2 atom stereocenters. The van der Waals surface area contributed by atoms with Crippen LogP contribution in [0, 0.1) is 6.92 Å². The third-order valence-electron chi connectivity index (χ3n) is 3.23. The molecular weight excluding hydrogens is 172 g/mol. The molecule has 1 saturated carbocycles. The monoisotopic (exact) mass is 190 g/mol. The highest BCUT2D eigenvalue weighted by Crippen LogP contribution is 2.51. The van der Waals surface area contributed by atoms with Crippen molar-refractivity contribution in [3.8, 4) is 0 Å². The lowest BCUT2D eigenvalue weighted by atomic mass is 9.97. The van der Waals surface area contributed by atoms with Crippen LogP contribution in [-0.4, -0.2) is 9.97 Å². The van der Waals surface area contributed by atoms with Crippen molar-refractivity contribution in [1.82, 2.24) is 9.97 Å². The average Bonchev–Trinajstić information content (AvgIpc) is 2.81. The van der Waals surface area contributed by atoms with Crippen LogP contribution in [-0.2, 0) is 0 Å². The van der Waals surface area contributed by atoms with Gasteiger partial charge in [-0.15, -0.1) is 0 Å². The third kappa shape index (κ3) is 1.33. The molecule has 0 aliphatic heterocycles. The molecule has 14 heavy (non-hydrogen) atoms. The van der Waals surface area contributed by atoms with Crippen LogP contribution in [0.5, 0.6) is 0 Å². The molecule has 0 N–H and O–H groups in total. The summed E-state index contributed by atoms with van der Waals surface area (Å²) in [6.45, 7) is 5.98. The van der Waals surface area contributed by atoms with Gasteiger partial charge in [-0.05, 0) is 37.7 Å². The van der Waals surface area contributed by atoms with E-state index in [-0.39, 0.29) is 0 Å². The maximum atomic E-state index is 4.53. The fourth-order valence-corrected chi connectivity index (χ4v) is 2.65. The van der Waals surface area contributed by atoms with E-state index in [0.717, 1.165) is 17.7 Å². The molecular formula is C12H18N2. The Hall–Kier alpha value is -0.920. The van der Waals surface area contributed by atoms with Gasteiger partial charge in [-0.2, -0.15) is 0 Å². The molecule has 2 unspecified atom stereocenters. The summed E-state index contributed by atoms with van der Waals surface area (Å²) in [6, 6.07) is 0.